The molecule has 0 aliphatic carbocycles. The molecule has 0 atom stereocenters. The molecule has 0 aliphatic heterocycles. The fraction of sp³-hybridized carbons (Fsp3) is 0.467. The minimum Gasteiger partial charge on any atom is -0.461 e. The van der Waals surface area contributed by atoms with E-state index in [1.165, 1.54) is 13.1 Å². The molecule has 3 N–H and O–H groups in total. The first-order valence-electron chi connectivity index (χ1n) is 7.50. The number of unbranched alkanes of at least 4 members (excludes halogenated alkanes) is 1. The van der Waals surface area contributed by atoms with Crippen molar-refractivity contribution in [2.45, 2.75) is 39.8 Å². The van der Waals surface area contributed by atoms with E-state index >= 15 is 0 Å². The highest BCUT2D eigenvalue weighted by atomic mass is 16.5. The summed E-state index contributed by atoms with van der Waals surface area (Å²) < 4.78 is 5.02. The summed E-state index contributed by atoms with van der Waals surface area (Å²) in [6, 6.07) is 0. The molecule has 0 amide bonds. The van der Waals surface area contributed by atoms with Crippen LogP contribution in [0.25, 0.3) is 11.0 Å². The predicted octanol–water partition coefficient (Wildman–Crippen LogP) is 0.564. The van der Waals surface area contributed by atoms with Gasteiger partial charge < -0.3 is 10.1 Å². The van der Waals surface area contributed by atoms with Gasteiger partial charge in [-0.05, 0) is 18.5 Å². The number of esters is 1. The summed E-state index contributed by atoms with van der Waals surface area (Å²) in [4.78, 5) is 43.4. The maximum atomic E-state index is 12.1. The van der Waals surface area contributed by atoms with Crippen LogP contribution in [0.3, 0.4) is 0 Å². The number of carbonyl (C=O) groups is 1. The first-order chi connectivity index (χ1) is 11.0. The van der Waals surface area contributed by atoms with Crippen LogP contribution in [0.5, 0.6) is 0 Å². The summed E-state index contributed by atoms with van der Waals surface area (Å²) in [5, 5.41) is 3.56. The van der Waals surface area contributed by atoms with E-state index < -0.39 is 17.2 Å². The second-order valence-corrected chi connectivity index (χ2v) is 5.20. The van der Waals surface area contributed by atoms with Crippen LogP contribution in [-0.4, -0.2) is 27.5 Å². The van der Waals surface area contributed by atoms with Crippen LogP contribution in [-0.2, 0) is 22.7 Å². The van der Waals surface area contributed by atoms with Crippen LogP contribution in [0, 0.1) is 0 Å². The molecular weight excluding hydrogens is 300 g/mol. The van der Waals surface area contributed by atoms with E-state index in [0.29, 0.717) is 23.1 Å². The molecule has 0 aromatic carbocycles. The van der Waals surface area contributed by atoms with Gasteiger partial charge in [-0.25, -0.2) is 9.78 Å². The summed E-state index contributed by atoms with van der Waals surface area (Å²) in [6.45, 7) is 4.66. The van der Waals surface area contributed by atoms with Gasteiger partial charge in [-0.2, -0.15) is 0 Å². The van der Waals surface area contributed by atoms with Crippen LogP contribution in [0.4, 0.5) is 0 Å². The summed E-state index contributed by atoms with van der Waals surface area (Å²) in [6.07, 6.45) is 3.57. The van der Waals surface area contributed by atoms with Crippen molar-refractivity contribution >= 4 is 17.0 Å². The first-order valence-corrected chi connectivity index (χ1v) is 7.50. The highest BCUT2D eigenvalue weighted by Crippen LogP contribution is 2.16. The molecule has 0 fully saturated rings. The third kappa shape index (κ3) is 4.26. The molecule has 0 saturated heterocycles. The molecule has 23 heavy (non-hydrogen) atoms. The lowest BCUT2D eigenvalue weighted by Crippen LogP contribution is -2.26. The number of H-pyrrole nitrogens is 2. The number of aromatic amines is 2. The Morgan fingerprint density at radius 3 is 2.83 bits per heavy atom. The van der Waals surface area contributed by atoms with Crippen molar-refractivity contribution in [1.29, 1.82) is 0 Å². The maximum Gasteiger partial charge on any atom is 0.327 e. The number of ether oxygens (including phenoxy) is 1. The highest BCUT2D eigenvalue weighted by Gasteiger charge is 2.14. The summed E-state index contributed by atoms with van der Waals surface area (Å²) >= 11 is 0. The molecule has 124 valence electrons. The molecule has 2 aromatic heterocycles. The van der Waals surface area contributed by atoms with Gasteiger partial charge in [0.1, 0.15) is 12.3 Å². The zero-order valence-electron chi connectivity index (χ0n) is 13.2. The van der Waals surface area contributed by atoms with Gasteiger partial charge in [0.2, 0.25) is 0 Å². The molecule has 0 unspecified atom stereocenters. The molecule has 0 spiro atoms. The van der Waals surface area contributed by atoms with Gasteiger partial charge in [-0.1, -0.05) is 13.3 Å². The molecule has 0 bridgehead atoms. The van der Waals surface area contributed by atoms with Crippen LogP contribution < -0.4 is 16.6 Å². The molecule has 0 saturated carbocycles. The van der Waals surface area contributed by atoms with Gasteiger partial charge in [-0.15, -0.1) is 0 Å². The van der Waals surface area contributed by atoms with Gasteiger partial charge in [0.25, 0.3) is 5.56 Å². The van der Waals surface area contributed by atoms with Gasteiger partial charge in [0.15, 0.2) is 0 Å². The van der Waals surface area contributed by atoms with Crippen molar-refractivity contribution in [3.05, 3.63) is 38.2 Å². The molecular formula is C15H20N4O4. The van der Waals surface area contributed by atoms with E-state index in [9.17, 15) is 14.4 Å². The maximum absolute atomic E-state index is 12.1. The summed E-state index contributed by atoms with van der Waals surface area (Å²) in [5.74, 6) is -0.412. The fourth-order valence-electron chi connectivity index (χ4n) is 2.25. The number of nitrogens with zero attached hydrogens (tertiary/aromatic N) is 1. The number of pyridine rings is 1. The lowest BCUT2D eigenvalue weighted by atomic mass is 10.1. The zero-order valence-corrected chi connectivity index (χ0v) is 13.2. The Bertz CT molecular complexity index is 809. The number of rotatable bonds is 7. The van der Waals surface area contributed by atoms with Crippen molar-refractivity contribution in [2.75, 3.05) is 6.54 Å². The minimum atomic E-state index is -0.604. The van der Waals surface area contributed by atoms with Gasteiger partial charge >= 0.3 is 11.7 Å². The van der Waals surface area contributed by atoms with Gasteiger partial charge in [-0.3, -0.25) is 19.6 Å². The van der Waals surface area contributed by atoms with E-state index in [-0.39, 0.29) is 12.3 Å². The van der Waals surface area contributed by atoms with Gasteiger partial charge in [0, 0.05) is 25.2 Å². The number of aromatic nitrogens is 3. The molecule has 2 heterocycles. The Kier molecular flexibility index (Phi) is 5.64. The predicted molar refractivity (Wildman–Crippen MR) is 85.1 cm³/mol. The average Bonchev–Trinajstić information content (AvgIpc) is 2.49. The van der Waals surface area contributed by atoms with E-state index in [1.807, 2.05) is 0 Å². The summed E-state index contributed by atoms with van der Waals surface area (Å²) in [5.41, 5.74) is 0.414. The van der Waals surface area contributed by atoms with Crippen LogP contribution in [0.2, 0.25) is 0 Å². The van der Waals surface area contributed by atoms with Crippen molar-refractivity contribution < 1.29 is 9.53 Å². The zero-order chi connectivity index (χ0) is 16.8. The van der Waals surface area contributed by atoms with Crippen LogP contribution in [0.15, 0.2) is 15.8 Å². The van der Waals surface area contributed by atoms with Crippen molar-refractivity contribution in [3.63, 3.8) is 0 Å². The van der Waals surface area contributed by atoms with Crippen molar-refractivity contribution in [2.24, 2.45) is 0 Å². The topological polar surface area (TPSA) is 117 Å². The minimum absolute atomic E-state index is 0.0294. The molecule has 2 rings (SSSR count). The monoisotopic (exact) mass is 320 g/mol. The standard InChI is InChI=1S/C15H20N4O4/c1-3-4-5-16-7-11-10(8-23-9(2)20)6-17-13-12(11)14(21)19-15(22)18-13/h6,16H,3-5,7-8H2,1-2H3,(H2,17,18,19,21,22). The molecule has 8 nitrogen and oxygen atoms in total. The lowest BCUT2D eigenvalue weighted by molar-refractivity contribution is -0.142. The lowest BCUT2D eigenvalue weighted by Gasteiger charge is -2.12. The second kappa shape index (κ2) is 7.68. The van der Waals surface area contributed by atoms with Crippen LogP contribution in [0.1, 0.15) is 37.8 Å². The fourth-order valence-corrected chi connectivity index (χ4v) is 2.25. The molecule has 0 aliphatic rings. The third-order valence-corrected chi connectivity index (χ3v) is 3.40. The smallest absolute Gasteiger partial charge is 0.327 e. The quantitative estimate of drug-likeness (QED) is 0.507. The van der Waals surface area contributed by atoms with E-state index in [2.05, 4.69) is 27.2 Å². The first kappa shape index (κ1) is 16.9. The number of fused-ring (bicyclic) bond motifs is 1. The number of hydrogen-bond donors (Lipinski definition) is 3. The highest BCUT2D eigenvalue weighted by molar-refractivity contribution is 5.78. The second-order valence-electron chi connectivity index (χ2n) is 5.20. The number of carbonyl (C=O) groups excluding carboxylic acids is 1. The largest absolute Gasteiger partial charge is 0.461 e. The Labute approximate surface area is 132 Å². The summed E-state index contributed by atoms with van der Waals surface area (Å²) in [7, 11) is 0. The Balaban J connectivity index is 2.45. The Morgan fingerprint density at radius 2 is 2.13 bits per heavy atom. The Hall–Kier alpha value is -2.48. The SMILES string of the molecule is CCCCNCc1c(COC(C)=O)cnc2[nH]c(=O)[nH]c(=O)c12. The van der Waals surface area contributed by atoms with E-state index in [0.717, 1.165) is 19.4 Å². The van der Waals surface area contributed by atoms with Gasteiger partial charge in [0.05, 0.1) is 5.39 Å². The number of hydrogen-bond acceptors (Lipinski definition) is 6. The average molecular weight is 320 g/mol. The van der Waals surface area contributed by atoms with E-state index in [1.54, 1.807) is 0 Å². The van der Waals surface area contributed by atoms with Crippen molar-refractivity contribution in [1.82, 2.24) is 20.3 Å². The van der Waals surface area contributed by atoms with Crippen molar-refractivity contribution in [3.8, 4) is 0 Å². The van der Waals surface area contributed by atoms with Crippen LogP contribution >= 0.6 is 0 Å². The van der Waals surface area contributed by atoms with E-state index in [4.69, 9.17) is 4.74 Å². The molecule has 2 aromatic rings. The molecule has 0 radical (unpaired) electrons. The number of nitrogens with one attached hydrogen (secondary N) is 3. The normalized spacial score (nSPS) is 10.9. The Morgan fingerprint density at radius 1 is 1.35 bits per heavy atom. The molecule has 8 heteroatoms. The third-order valence-electron chi connectivity index (χ3n) is 3.40.